The first-order valence-electron chi connectivity index (χ1n) is 12.1. The van der Waals surface area contributed by atoms with E-state index >= 15 is 4.39 Å². The highest BCUT2D eigenvalue weighted by Gasteiger charge is 2.43. The van der Waals surface area contributed by atoms with Crippen LogP contribution < -0.4 is 10.1 Å². The van der Waals surface area contributed by atoms with Gasteiger partial charge in [-0.25, -0.2) is 9.18 Å². The summed E-state index contributed by atoms with van der Waals surface area (Å²) in [5, 5.41) is 13.8. The average Bonchev–Trinajstić information content (AvgIpc) is 2.86. The Morgan fingerprint density at radius 3 is 2.66 bits per heavy atom. The molecule has 7 nitrogen and oxygen atoms in total. The Morgan fingerprint density at radius 1 is 1.21 bits per heavy atom. The standard InChI is InChI=1S/C28H29Cl2FN2O5/c1-14-6-5-7-22(15(14)2)38-13-17(34)10-33-11-20-25(21(35)12-33)26(23(16(3)32-20)28(36)37-4)24-19(31)9-8-18(29)27(24)30/h5-9,17,26,32,34H,10-13H2,1-4H3. The van der Waals surface area contributed by atoms with Gasteiger partial charge in [0.25, 0.3) is 0 Å². The Labute approximate surface area is 230 Å². The number of nitrogens with zero attached hydrogens (tertiary/aromatic N) is 1. The van der Waals surface area contributed by atoms with E-state index in [1.165, 1.54) is 13.2 Å². The number of allylic oxidation sites excluding steroid dienone is 1. The van der Waals surface area contributed by atoms with Gasteiger partial charge in [0.05, 0.1) is 35.2 Å². The fraction of sp³-hybridized carbons (Fsp3) is 0.357. The number of halogens is 3. The Hall–Kier alpha value is -2.91. The minimum absolute atomic E-state index is 0.0473. The van der Waals surface area contributed by atoms with E-state index in [9.17, 15) is 14.7 Å². The van der Waals surface area contributed by atoms with Gasteiger partial charge in [0.2, 0.25) is 0 Å². The number of aryl methyl sites for hydroxylation is 1. The Bertz CT molecular complexity index is 1360. The van der Waals surface area contributed by atoms with Crippen molar-refractivity contribution in [2.24, 2.45) is 0 Å². The quantitative estimate of drug-likeness (QED) is 0.380. The van der Waals surface area contributed by atoms with Gasteiger partial charge in [-0.05, 0) is 50.1 Å². The summed E-state index contributed by atoms with van der Waals surface area (Å²) >= 11 is 12.6. The van der Waals surface area contributed by atoms with Crippen LogP contribution in [0.15, 0.2) is 52.9 Å². The molecular weight excluding hydrogens is 534 g/mol. The number of nitrogens with one attached hydrogen (secondary N) is 1. The lowest BCUT2D eigenvalue weighted by molar-refractivity contribution is -0.136. The van der Waals surface area contributed by atoms with Crippen LogP contribution in [0.25, 0.3) is 0 Å². The van der Waals surface area contributed by atoms with Crippen LogP contribution in [-0.4, -0.2) is 61.2 Å². The normalized spacial score (nSPS) is 18.7. The highest BCUT2D eigenvalue weighted by atomic mass is 35.5. The van der Waals surface area contributed by atoms with Crippen molar-refractivity contribution in [3.05, 3.63) is 85.4 Å². The number of hydrogen-bond donors (Lipinski definition) is 2. The topological polar surface area (TPSA) is 88.1 Å². The van der Waals surface area contributed by atoms with Gasteiger partial charge in [-0.3, -0.25) is 9.69 Å². The number of β-amino-alcohol motifs (C(OH)–C–C–N with tert-alkyl or cyclic N) is 1. The summed E-state index contributed by atoms with van der Waals surface area (Å²) < 4.78 is 25.9. The maximum absolute atomic E-state index is 15.2. The summed E-state index contributed by atoms with van der Waals surface area (Å²) in [4.78, 5) is 28.1. The average molecular weight is 563 g/mol. The van der Waals surface area contributed by atoms with E-state index in [2.05, 4.69) is 5.32 Å². The molecule has 2 aromatic rings. The molecule has 10 heteroatoms. The molecule has 0 saturated carbocycles. The highest BCUT2D eigenvalue weighted by molar-refractivity contribution is 6.42. The van der Waals surface area contributed by atoms with Crippen LogP contribution >= 0.6 is 23.2 Å². The smallest absolute Gasteiger partial charge is 0.336 e. The second-order valence-electron chi connectivity index (χ2n) is 9.49. The lowest BCUT2D eigenvalue weighted by Gasteiger charge is -2.38. The molecule has 0 amide bonds. The Kier molecular flexibility index (Phi) is 8.47. The summed E-state index contributed by atoms with van der Waals surface area (Å²) in [7, 11) is 1.21. The molecular formula is C28H29Cl2FN2O5. The monoisotopic (exact) mass is 562 g/mol. The molecule has 2 N–H and O–H groups in total. The molecule has 2 aromatic carbocycles. The molecule has 0 spiro atoms. The van der Waals surface area contributed by atoms with Crippen LogP contribution in [0.1, 0.15) is 29.5 Å². The maximum Gasteiger partial charge on any atom is 0.336 e. The van der Waals surface area contributed by atoms with Crippen molar-refractivity contribution >= 4 is 35.0 Å². The molecule has 0 aromatic heterocycles. The zero-order chi connectivity index (χ0) is 27.7. The largest absolute Gasteiger partial charge is 0.491 e. The molecule has 4 rings (SSSR count). The summed E-state index contributed by atoms with van der Waals surface area (Å²) in [6.45, 7) is 6.00. The van der Waals surface area contributed by atoms with Crippen molar-refractivity contribution in [1.29, 1.82) is 0 Å². The van der Waals surface area contributed by atoms with Gasteiger partial charge in [-0.15, -0.1) is 0 Å². The second-order valence-corrected chi connectivity index (χ2v) is 10.3. The van der Waals surface area contributed by atoms with Crippen LogP contribution in [0.2, 0.25) is 10.0 Å². The molecule has 0 bridgehead atoms. The number of carbonyl (C=O) groups is 2. The van der Waals surface area contributed by atoms with E-state index < -0.39 is 23.8 Å². The first kappa shape index (κ1) is 28.1. The lowest BCUT2D eigenvalue weighted by Crippen LogP contribution is -2.48. The number of carbonyl (C=O) groups excluding carboxylic acids is 2. The molecule has 38 heavy (non-hydrogen) atoms. The minimum atomic E-state index is -1.10. The summed E-state index contributed by atoms with van der Waals surface area (Å²) in [5.41, 5.74) is 3.22. The number of dihydropyridines is 1. The molecule has 0 fully saturated rings. The predicted molar refractivity (Wildman–Crippen MR) is 143 cm³/mol. The second kappa shape index (κ2) is 11.5. The molecule has 2 aliphatic heterocycles. The molecule has 0 radical (unpaired) electrons. The number of rotatable bonds is 7. The van der Waals surface area contributed by atoms with E-state index in [-0.39, 0.29) is 58.8 Å². The first-order valence-corrected chi connectivity index (χ1v) is 12.8. The summed E-state index contributed by atoms with van der Waals surface area (Å²) in [6.07, 6.45) is -0.869. The van der Waals surface area contributed by atoms with Crippen molar-refractivity contribution in [1.82, 2.24) is 10.2 Å². The fourth-order valence-electron chi connectivity index (χ4n) is 4.94. The lowest BCUT2D eigenvalue weighted by atomic mass is 9.77. The number of hydrogen-bond acceptors (Lipinski definition) is 7. The van der Waals surface area contributed by atoms with E-state index in [1.807, 2.05) is 32.0 Å². The van der Waals surface area contributed by atoms with Gasteiger partial charge in [0.1, 0.15) is 24.3 Å². The van der Waals surface area contributed by atoms with Crippen LogP contribution in [0.3, 0.4) is 0 Å². The van der Waals surface area contributed by atoms with E-state index in [4.69, 9.17) is 32.7 Å². The number of esters is 1. The van der Waals surface area contributed by atoms with Crippen LogP contribution in [0.5, 0.6) is 5.75 Å². The van der Waals surface area contributed by atoms with Crippen molar-refractivity contribution in [3.63, 3.8) is 0 Å². The molecule has 0 saturated heterocycles. The van der Waals surface area contributed by atoms with Crippen LogP contribution in [0.4, 0.5) is 4.39 Å². The minimum Gasteiger partial charge on any atom is -0.491 e. The highest BCUT2D eigenvalue weighted by Crippen LogP contribution is 2.45. The van der Waals surface area contributed by atoms with E-state index in [0.29, 0.717) is 17.1 Å². The third-order valence-electron chi connectivity index (χ3n) is 6.92. The number of benzene rings is 2. The van der Waals surface area contributed by atoms with Crippen molar-refractivity contribution in [2.75, 3.05) is 33.4 Å². The Morgan fingerprint density at radius 2 is 1.95 bits per heavy atom. The maximum atomic E-state index is 15.2. The van der Waals surface area contributed by atoms with Gasteiger partial charge in [0.15, 0.2) is 5.78 Å². The fourth-order valence-corrected chi connectivity index (χ4v) is 5.37. The number of aliphatic hydroxyl groups excluding tert-OH is 1. The van der Waals surface area contributed by atoms with Crippen molar-refractivity contribution in [3.8, 4) is 5.75 Å². The van der Waals surface area contributed by atoms with Gasteiger partial charge in [-0.2, -0.15) is 0 Å². The number of aliphatic hydroxyl groups is 1. The van der Waals surface area contributed by atoms with Gasteiger partial charge in [-0.1, -0.05) is 35.3 Å². The van der Waals surface area contributed by atoms with Gasteiger partial charge >= 0.3 is 5.97 Å². The van der Waals surface area contributed by atoms with Gasteiger partial charge < -0.3 is 19.9 Å². The number of Topliss-reactive ketones (excluding diaryl/α,β-unsaturated/α-hetero) is 1. The van der Waals surface area contributed by atoms with E-state index in [1.54, 1.807) is 11.8 Å². The number of ketones is 1. The van der Waals surface area contributed by atoms with Crippen LogP contribution in [-0.2, 0) is 14.3 Å². The van der Waals surface area contributed by atoms with E-state index in [0.717, 1.165) is 17.2 Å². The first-order chi connectivity index (χ1) is 18.0. The molecule has 202 valence electrons. The third-order valence-corrected chi connectivity index (χ3v) is 7.74. The predicted octanol–water partition coefficient (Wildman–Crippen LogP) is 4.46. The van der Waals surface area contributed by atoms with Crippen molar-refractivity contribution < 1.29 is 28.6 Å². The zero-order valence-electron chi connectivity index (χ0n) is 21.5. The number of methoxy groups -OCH3 is 1. The zero-order valence-corrected chi connectivity index (χ0v) is 23.0. The number of ether oxygens (including phenoxy) is 2. The van der Waals surface area contributed by atoms with Crippen molar-refractivity contribution in [2.45, 2.75) is 32.8 Å². The third kappa shape index (κ3) is 5.45. The summed E-state index contributed by atoms with van der Waals surface area (Å²) in [5.74, 6) is -2.15. The van der Waals surface area contributed by atoms with Crippen LogP contribution in [0, 0.1) is 19.7 Å². The van der Waals surface area contributed by atoms with Gasteiger partial charge in [0, 0.05) is 35.6 Å². The Balaban J connectivity index is 1.61. The SMILES string of the molecule is COC(=O)C1=C(C)NC2=C(C(=O)CN(CC(O)COc3cccc(C)c3C)C2)C1c1c(F)ccc(Cl)c1Cl. The molecule has 2 aliphatic rings. The molecule has 2 atom stereocenters. The molecule has 2 unspecified atom stereocenters. The molecule has 0 aliphatic carbocycles. The summed E-state index contributed by atoms with van der Waals surface area (Å²) in [6, 6.07) is 8.19. The molecule has 2 heterocycles.